The summed E-state index contributed by atoms with van der Waals surface area (Å²) in [7, 11) is 0. The van der Waals surface area contributed by atoms with Crippen molar-refractivity contribution < 1.29 is 9.59 Å². The van der Waals surface area contributed by atoms with Crippen LogP contribution in [0.15, 0.2) is 60.7 Å². The van der Waals surface area contributed by atoms with E-state index in [0.29, 0.717) is 37.4 Å². The Bertz CT molecular complexity index is 1010. The monoisotopic (exact) mass is 372 g/mol. The van der Waals surface area contributed by atoms with E-state index in [1.807, 2.05) is 47.4 Å². The second-order valence-electron chi connectivity index (χ2n) is 6.86. The lowest BCUT2D eigenvalue weighted by Gasteiger charge is -2.36. The van der Waals surface area contributed by atoms with Crippen molar-refractivity contribution in [3.63, 3.8) is 0 Å². The largest absolute Gasteiger partial charge is 0.352 e. The minimum absolute atomic E-state index is 0.0179. The summed E-state index contributed by atoms with van der Waals surface area (Å²) < 4.78 is 0. The van der Waals surface area contributed by atoms with Crippen LogP contribution in [0.3, 0.4) is 0 Å². The molecule has 1 aromatic heterocycles. The number of nitrogens with one attached hydrogen (secondary N) is 1. The van der Waals surface area contributed by atoms with Crippen molar-refractivity contribution in [2.45, 2.75) is 6.04 Å². The lowest BCUT2D eigenvalue weighted by atomic mass is 10.1. The summed E-state index contributed by atoms with van der Waals surface area (Å²) in [6.07, 6.45) is 0. The highest BCUT2D eigenvalue weighted by molar-refractivity contribution is 6.04. The van der Waals surface area contributed by atoms with Crippen LogP contribution in [0.1, 0.15) is 20.8 Å². The molecule has 28 heavy (non-hydrogen) atoms. The summed E-state index contributed by atoms with van der Waals surface area (Å²) in [5.41, 5.74) is 1.97. The van der Waals surface area contributed by atoms with Crippen molar-refractivity contribution in [1.29, 1.82) is 5.26 Å². The molecule has 1 aliphatic heterocycles. The van der Waals surface area contributed by atoms with Gasteiger partial charge in [0.25, 0.3) is 5.91 Å². The number of ketones is 1. The molecule has 1 unspecified atom stereocenters. The number of carbonyl (C=O) groups is 2. The van der Waals surface area contributed by atoms with E-state index in [1.54, 1.807) is 23.1 Å². The third-order valence-electron chi connectivity index (χ3n) is 5.15. The van der Waals surface area contributed by atoms with Gasteiger partial charge >= 0.3 is 0 Å². The van der Waals surface area contributed by atoms with Crippen LogP contribution in [0.5, 0.6) is 0 Å². The molecule has 1 aliphatic rings. The molecule has 0 spiro atoms. The maximum Gasteiger partial charge on any atom is 0.253 e. The number of Topliss-reactive ketones (excluding diaryl/α,β-unsaturated/α-hetero) is 1. The molecule has 140 valence electrons. The van der Waals surface area contributed by atoms with Gasteiger partial charge in [-0.1, -0.05) is 36.4 Å². The Labute approximate surface area is 163 Å². The first-order chi connectivity index (χ1) is 13.7. The predicted molar refractivity (Wildman–Crippen MR) is 106 cm³/mol. The van der Waals surface area contributed by atoms with Crippen LogP contribution < -0.4 is 0 Å². The van der Waals surface area contributed by atoms with Crippen molar-refractivity contribution in [2.24, 2.45) is 0 Å². The van der Waals surface area contributed by atoms with Crippen molar-refractivity contribution in [3.05, 3.63) is 71.9 Å². The Morgan fingerprint density at radius 3 is 2.32 bits per heavy atom. The van der Waals surface area contributed by atoms with Crippen molar-refractivity contribution in [3.8, 4) is 6.07 Å². The number of H-pyrrole nitrogens is 1. The standard InChI is InChI=1S/C22H20N4O2/c23-15-20(21(27)19-14-17-8-4-5-9-18(17)24-19)25-10-12-26(13-11-25)22(28)16-6-2-1-3-7-16/h1-9,14,20,24H,10-13H2. The molecule has 1 N–H and O–H groups in total. The van der Waals surface area contributed by atoms with Crippen LogP contribution in [0.4, 0.5) is 0 Å². The number of piperazine rings is 1. The Morgan fingerprint density at radius 2 is 1.64 bits per heavy atom. The number of para-hydroxylation sites is 1. The smallest absolute Gasteiger partial charge is 0.253 e. The fraction of sp³-hybridized carbons (Fsp3) is 0.227. The topological polar surface area (TPSA) is 80.2 Å². The first-order valence-electron chi connectivity index (χ1n) is 9.27. The number of amides is 1. The number of aromatic nitrogens is 1. The van der Waals surface area contributed by atoms with Crippen LogP contribution in [-0.2, 0) is 0 Å². The predicted octanol–water partition coefficient (Wildman–Crippen LogP) is 2.70. The third kappa shape index (κ3) is 3.40. The molecule has 0 aliphatic carbocycles. The molecule has 1 atom stereocenters. The number of aromatic amines is 1. The molecule has 2 heterocycles. The second kappa shape index (κ2) is 7.67. The van der Waals surface area contributed by atoms with E-state index < -0.39 is 6.04 Å². The Balaban J connectivity index is 1.44. The van der Waals surface area contributed by atoms with Crippen molar-refractivity contribution >= 4 is 22.6 Å². The maximum atomic E-state index is 12.9. The van der Waals surface area contributed by atoms with Gasteiger partial charge in [-0.25, -0.2) is 0 Å². The zero-order valence-corrected chi connectivity index (χ0v) is 15.3. The Morgan fingerprint density at radius 1 is 0.964 bits per heavy atom. The molecule has 3 aromatic rings. The quantitative estimate of drug-likeness (QED) is 0.714. The van der Waals surface area contributed by atoms with Crippen LogP contribution in [0, 0.1) is 11.3 Å². The maximum absolute atomic E-state index is 12.9. The number of rotatable bonds is 4. The van der Waals surface area contributed by atoms with Gasteiger partial charge in [-0.15, -0.1) is 0 Å². The fourth-order valence-corrected chi connectivity index (χ4v) is 3.61. The van der Waals surface area contributed by atoms with E-state index in [4.69, 9.17) is 0 Å². The van der Waals surface area contributed by atoms with Crippen LogP contribution in [-0.4, -0.2) is 58.7 Å². The average molecular weight is 372 g/mol. The number of carbonyl (C=O) groups excluding carboxylic acids is 2. The number of hydrogen-bond donors (Lipinski definition) is 1. The number of fused-ring (bicyclic) bond motifs is 1. The van der Waals surface area contributed by atoms with Crippen LogP contribution >= 0.6 is 0 Å². The molecule has 2 aromatic carbocycles. The first kappa shape index (κ1) is 18.0. The third-order valence-corrected chi connectivity index (χ3v) is 5.15. The lowest BCUT2D eigenvalue weighted by Crippen LogP contribution is -2.53. The summed E-state index contributed by atoms with van der Waals surface area (Å²) in [5.74, 6) is -0.253. The molecule has 1 fully saturated rings. The molecule has 1 saturated heterocycles. The van der Waals surface area contributed by atoms with Gasteiger partial charge < -0.3 is 9.88 Å². The zero-order chi connectivity index (χ0) is 19.5. The van der Waals surface area contributed by atoms with Gasteiger partial charge in [0, 0.05) is 42.6 Å². The average Bonchev–Trinajstić information content (AvgIpc) is 3.19. The van der Waals surface area contributed by atoms with E-state index in [0.717, 1.165) is 10.9 Å². The summed E-state index contributed by atoms with van der Waals surface area (Å²) in [4.78, 5) is 32.2. The first-order valence-corrected chi connectivity index (χ1v) is 9.27. The summed E-state index contributed by atoms with van der Waals surface area (Å²) >= 11 is 0. The highest BCUT2D eigenvalue weighted by Gasteiger charge is 2.31. The van der Waals surface area contributed by atoms with Gasteiger partial charge in [-0.05, 0) is 24.3 Å². The lowest BCUT2D eigenvalue weighted by molar-refractivity contribution is 0.0581. The van der Waals surface area contributed by atoms with E-state index in [1.165, 1.54) is 0 Å². The molecule has 0 radical (unpaired) electrons. The highest BCUT2D eigenvalue weighted by Crippen LogP contribution is 2.18. The zero-order valence-electron chi connectivity index (χ0n) is 15.3. The van der Waals surface area contributed by atoms with E-state index >= 15 is 0 Å². The second-order valence-corrected chi connectivity index (χ2v) is 6.86. The molecule has 6 nitrogen and oxygen atoms in total. The van der Waals surface area contributed by atoms with Crippen molar-refractivity contribution in [1.82, 2.24) is 14.8 Å². The highest BCUT2D eigenvalue weighted by atomic mass is 16.2. The van der Waals surface area contributed by atoms with Gasteiger partial charge in [-0.3, -0.25) is 14.5 Å². The van der Waals surface area contributed by atoms with Gasteiger partial charge in [0.2, 0.25) is 5.78 Å². The number of nitrogens with zero attached hydrogens (tertiary/aromatic N) is 3. The summed E-state index contributed by atoms with van der Waals surface area (Å²) in [5, 5.41) is 10.6. The van der Waals surface area contributed by atoms with Gasteiger partial charge in [0.1, 0.15) is 0 Å². The number of hydrogen-bond acceptors (Lipinski definition) is 4. The van der Waals surface area contributed by atoms with Gasteiger partial charge in [0.05, 0.1) is 11.8 Å². The molecule has 0 bridgehead atoms. The molecule has 6 heteroatoms. The van der Waals surface area contributed by atoms with Crippen LogP contribution in [0.25, 0.3) is 10.9 Å². The summed E-state index contributed by atoms with van der Waals surface area (Å²) in [6.45, 7) is 1.96. The van der Waals surface area contributed by atoms with Crippen LogP contribution in [0.2, 0.25) is 0 Å². The summed E-state index contributed by atoms with van der Waals surface area (Å²) in [6, 6.07) is 19.9. The van der Waals surface area contributed by atoms with Gasteiger partial charge in [0.15, 0.2) is 6.04 Å². The molecule has 1 amide bonds. The number of nitriles is 1. The SMILES string of the molecule is N#CC(C(=O)c1cc2ccccc2[nH]1)N1CCN(C(=O)c2ccccc2)CC1. The molecular formula is C22H20N4O2. The van der Waals surface area contributed by atoms with Crippen molar-refractivity contribution in [2.75, 3.05) is 26.2 Å². The normalized spacial score (nSPS) is 15.9. The minimum atomic E-state index is -0.859. The fourth-order valence-electron chi connectivity index (χ4n) is 3.61. The van der Waals surface area contributed by atoms with Gasteiger partial charge in [-0.2, -0.15) is 5.26 Å². The molecular weight excluding hydrogens is 352 g/mol. The Kier molecular flexibility index (Phi) is 4.92. The van der Waals surface area contributed by atoms with E-state index in [9.17, 15) is 14.9 Å². The Hall–Kier alpha value is -3.43. The number of benzene rings is 2. The van der Waals surface area contributed by atoms with E-state index in [2.05, 4.69) is 11.1 Å². The minimum Gasteiger partial charge on any atom is -0.352 e. The molecule has 4 rings (SSSR count). The molecule has 0 saturated carbocycles. The van der Waals surface area contributed by atoms with E-state index in [-0.39, 0.29) is 11.7 Å².